The molecular formula is C28H40N2O6. The van der Waals surface area contributed by atoms with Crippen LogP contribution in [0.2, 0.25) is 0 Å². The number of fused-ring (bicyclic) bond motifs is 1. The van der Waals surface area contributed by atoms with Gasteiger partial charge < -0.3 is 23.9 Å². The second kappa shape index (κ2) is 9.69. The summed E-state index contributed by atoms with van der Waals surface area (Å²) in [6, 6.07) is 3.17. The first kappa shape index (κ1) is 26.5. The number of aromatic nitrogens is 1. The molecule has 2 aromatic rings. The van der Waals surface area contributed by atoms with Gasteiger partial charge in [0.2, 0.25) is 5.79 Å². The lowest BCUT2D eigenvalue weighted by Gasteiger charge is -2.36. The number of furan rings is 1. The highest BCUT2D eigenvalue weighted by molar-refractivity contribution is 5.86. The van der Waals surface area contributed by atoms with E-state index in [4.69, 9.17) is 18.6 Å². The number of nitrogens with one attached hydrogen (secondary N) is 1. The first-order valence-corrected chi connectivity index (χ1v) is 13.1. The maximum Gasteiger partial charge on any atom is 0.407 e. The van der Waals surface area contributed by atoms with Crippen molar-refractivity contribution in [3.8, 4) is 0 Å². The number of cyclic esters (lactones) is 1. The van der Waals surface area contributed by atoms with Gasteiger partial charge in [-0.25, -0.2) is 9.59 Å². The van der Waals surface area contributed by atoms with E-state index < -0.39 is 35.1 Å². The lowest BCUT2D eigenvalue weighted by atomic mass is 9.83. The van der Waals surface area contributed by atoms with E-state index in [1.807, 2.05) is 26.0 Å². The standard InChI is InChI=1S/C28H40N2O6/c1-17(2)14-23(30-25(32)35-26(3,4)5)28(24(31)34-27(6,7)36-28)16-21-20-15-19(11-10-18-8-9-18)33-22(20)12-13-29-21/h12-13,15,17-18,23H,8-11,14,16H2,1-7H3,(H,30,32)/t23-,28+/m0/s1. The molecule has 1 saturated heterocycles. The van der Waals surface area contributed by atoms with E-state index in [2.05, 4.69) is 10.3 Å². The second-order valence-corrected chi connectivity index (χ2v) is 12.2. The minimum absolute atomic E-state index is 0.126. The van der Waals surface area contributed by atoms with Crippen LogP contribution in [0.3, 0.4) is 0 Å². The Morgan fingerprint density at radius 2 is 2.00 bits per heavy atom. The molecule has 1 saturated carbocycles. The predicted octanol–water partition coefficient (Wildman–Crippen LogP) is 5.70. The summed E-state index contributed by atoms with van der Waals surface area (Å²) in [5.41, 5.74) is -0.760. The Hall–Kier alpha value is -2.61. The first-order chi connectivity index (χ1) is 16.8. The van der Waals surface area contributed by atoms with Gasteiger partial charge in [-0.3, -0.25) is 4.98 Å². The lowest BCUT2D eigenvalue weighted by Crippen LogP contribution is -2.59. The summed E-state index contributed by atoms with van der Waals surface area (Å²) >= 11 is 0. The summed E-state index contributed by atoms with van der Waals surface area (Å²) in [6.45, 7) is 12.9. The number of ether oxygens (including phenoxy) is 3. The van der Waals surface area contributed by atoms with E-state index in [1.54, 1.807) is 40.8 Å². The van der Waals surface area contributed by atoms with Crippen LogP contribution in [0, 0.1) is 11.8 Å². The van der Waals surface area contributed by atoms with Gasteiger partial charge in [0.15, 0.2) is 5.60 Å². The maximum atomic E-state index is 13.5. The number of hydrogen-bond donors (Lipinski definition) is 1. The van der Waals surface area contributed by atoms with Gasteiger partial charge in [-0.15, -0.1) is 0 Å². The molecule has 8 nitrogen and oxygen atoms in total. The molecule has 36 heavy (non-hydrogen) atoms. The van der Waals surface area contributed by atoms with Crippen LogP contribution < -0.4 is 5.32 Å². The zero-order valence-corrected chi connectivity index (χ0v) is 22.6. The van der Waals surface area contributed by atoms with Gasteiger partial charge >= 0.3 is 12.1 Å². The number of rotatable bonds is 9. The average molecular weight is 501 g/mol. The Morgan fingerprint density at radius 1 is 1.28 bits per heavy atom. The van der Waals surface area contributed by atoms with Gasteiger partial charge in [0, 0.05) is 38.3 Å². The fourth-order valence-corrected chi connectivity index (χ4v) is 4.88. The summed E-state index contributed by atoms with van der Waals surface area (Å²) in [5, 5.41) is 3.78. The van der Waals surface area contributed by atoms with Crippen molar-refractivity contribution in [3.05, 3.63) is 29.8 Å². The molecule has 2 aromatic heterocycles. The summed E-state index contributed by atoms with van der Waals surface area (Å²) in [5.74, 6) is 0.209. The van der Waals surface area contributed by atoms with E-state index in [-0.39, 0.29) is 12.3 Å². The summed E-state index contributed by atoms with van der Waals surface area (Å²) < 4.78 is 23.7. The van der Waals surface area contributed by atoms with Crippen LogP contribution in [0.4, 0.5) is 4.79 Å². The Balaban J connectivity index is 1.69. The molecule has 2 atom stereocenters. The number of carbonyl (C=O) groups excluding carboxylic acids is 2. The Kier molecular flexibility index (Phi) is 7.12. The first-order valence-electron chi connectivity index (χ1n) is 13.1. The number of alkyl carbamates (subject to hydrolysis) is 1. The monoisotopic (exact) mass is 500 g/mol. The molecule has 3 heterocycles. The van der Waals surface area contributed by atoms with Crippen LogP contribution >= 0.6 is 0 Å². The Bertz CT molecular complexity index is 1110. The molecule has 1 amide bonds. The van der Waals surface area contributed by atoms with Gasteiger partial charge in [-0.1, -0.05) is 26.7 Å². The lowest BCUT2D eigenvalue weighted by molar-refractivity contribution is -0.170. The SMILES string of the molecule is CC(C)C[C@H](NC(=O)OC(C)(C)C)[C@@]1(Cc2nccc3oc(CCC4CC4)cc23)OC(C)(C)OC1=O. The quantitative estimate of drug-likeness (QED) is 0.441. The third kappa shape index (κ3) is 6.20. The molecule has 0 radical (unpaired) electrons. The van der Waals surface area contributed by atoms with Gasteiger partial charge in [-0.2, -0.15) is 0 Å². The van der Waals surface area contributed by atoms with E-state index in [1.165, 1.54) is 12.8 Å². The molecule has 2 fully saturated rings. The van der Waals surface area contributed by atoms with Gasteiger partial charge in [-0.05, 0) is 57.6 Å². The summed E-state index contributed by atoms with van der Waals surface area (Å²) in [4.78, 5) is 31.0. The van der Waals surface area contributed by atoms with Crippen LogP contribution in [0.15, 0.2) is 22.7 Å². The second-order valence-electron chi connectivity index (χ2n) is 12.2. The van der Waals surface area contributed by atoms with Crippen LogP contribution in [0.1, 0.15) is 85.6 Å². The molecule has 198 valence electrons. The highest BCUT2D eigenvalue weighted by Gasteiger charge is 2.59. The summed E-state index contributed by atoms with van der Waals surface area (Å²) in [7, 11) is 0. The van der Waals surface area contributed by atoms with Crippen molar-refractivity contribution in [3.63, 3.8) is 0 Å². The number of esters is 1. The summed E-state index contributed by atoms with van der Waals surface area (Å²) in [6.07, 6.45) is 6.28. The number of hydrogen-bond acceptors (Lipinski definition) is 7. The van der Waals surface area contributed by atoms with Crippen LogP contribution in [0.5, 0.6) is 0 Å². The highest BCUT2D eigenvalue weighted by atomic mass is 16.8. The van der Waals surface area contributed by atoms with Crippen molar-refractivity contribution in [1.82, 2.24) is 10.3 Å². The average Bonchev–Trinajstić information content (AvgIpc) is 3.40. The van der Waals surface area contributed by atoms with E-state index in [0.29, 0.717) is 12.1 Å². The molecule has 0 spiro atoms. The van der Waals surface area contributed by atoms with Crippen LogP contribution in [-0.4, -0.2) is 40.1 Å². The minimum atomic E-state index is -1.47. The Morgan fingerprint density at radius 3 is 2.58 bits per heavy atom. The molecule has 8 heteroatoms. The molecular weight excluding hydrogens is 460 g/mol. The predicted molar refractivity (Wildman–Crippen MR) is 135 cm³/mol. The van der Waals surface area contributed by atoms with E-state index >= 15 is 0 Å². The van der Waals surface area contributed by atoms with E-state index in [9.17, 15) is 9.59 Å². The smallest absolute Gasteiger partial charge is 0.407 e. The zero-order chi connectivity index (χ0) is 26.3. The van der Waals surface area contributed by atoms with Crippen molar-refractivity contribution in [2.45, 2.75) is 110 Å². The van der Waals surface area contributed by atoms with Crippen molar-refractivity contribution < 1.29 is 28.2 Å². The molecule has 0 aromatic carbocycles. The zero-order valence-electron chi connectivity index (χ0n) is 22.6. The molecule has 2 aliphatic rings. The molecule has 1 aliphatic heterocycles. The van der Waals surface area contributed by atoms with Crippen molar-refractivity contribution in [2.75, 3.05) is 0 Å². The normalized spacial score (nSPS) is 22.6. The van der Waals surface area contributed by atoms with Gasteiger partial charge in [0.05, 0.1) is 11.7 Å². The highest BCUT2D eigenvalue weighted by Crippen LogP contribution is 2.40. The molecule has 4 rings (SSSR count). The third-order valence-corrected chi connectivity index (χ3v) is 6.58. The molecule has 1 aliphatic carbocycles. The number of aryl methyl sites for hydroxylation is 1. The number of nitrogens with zero attached hydrogens (tertiary/aromatic N) is 1. The fourth-order valence-electron chi connectivity index (χ4n) is 4.88. The number of carbonyl (C=O) groups is 2. The van der Waals surface area contributed by atoms with Crippen LogP contribution in [-0.2, 0) is 31.8 Å². The van der Waals surface area contributed by atoms with Crippen molar-refractivity contribution in [1.29, 1.82) is 0 Å². The Labute approximate surface area is 213 Å². The molecule has 0 unspecified atom stereocenters. The van der Waals surface area contributed by atoms with Crippen LogP contribution in [0.25, 0.3) is 11.0 Å². The van der Waals surface area contributed by atoms with E-state index in [0.717, 1.165) is 35.5 Å². The number of amides is 1. The minimum Gasteiger partial charge on any atom is -0.461 e. The molecule has 1 N–H and O–H groups in total. The van der Waals surface area contributed by atoms with Gasteiger partial charge in [0.25, 0.3) is 0 Å². The van der Waals surface area contributed by atoms with Crippen molar-refractivity contribution >= 4 is 23.0 Å². The third-order valence-electron chi connectivity index (χ3n) is 6.58. The number of pyridine rings is 1. The topological polar surface area (TPSA) is 99.9 Å². The van der Waals surface area contributed by atoms with Crippen molar-refractivity contribution in [2.24, 2.45) is 11.8 Å². The maximum absolute atomic E-state index is 13.5. The fraction of sp³-hybridized carbons (Fsp3) is 0.679. The molecule has 0 bridgehead atoms. The largest absolute Gasteiger partial charge is 0.461 e. The van der Waals surface area contributed by atoms with Gasteiger partial charge in [0.1, 0.15) is 16.9 Å².